The Bertz CT molecular complexity index is 639. The number of carbonyl (C=O) groups excluding carboxylic acids is 2. The molecule has 1 heterocycles. The van der Waals surface area contributed by atoms with Crippen LogP contribution in [-0.4, -0.2) is 28.2 Å². The lowest BCUT2D eigenvalue weighted by Crippen LogP contribution is -2.32. The van der Waals surface area contributed by atoms with Gasteiger partial charge in [-0.3, -0.25) is 9.59 Å². The lowest BCUT2D eigenvalue weighted by Gasteiger charge is -2.27. The first kappa shape index (κ1) is 17.5. The van der Waals surface area contributed by atoms with E-state index in [1.807, 2.05) is 6.07 Å². The van der Waals surface area contributed by atoms with Gasteiger partial charge in [0.2, 0.25) is 0 Å². The fraction of sp³-hybridized carbons (Fsp3) is 0.444. The highest BCUT2D eigenvalue weighted by Crippen LogP contribution is 2.40. The van der Waals surface area contributed by atoms with Crippen LogP contribution >= 0.6 is 11.6 Å². The highest BCUT2D eigenvalue weighted by Gasteiger charge is 2.42. The standard InChI is InChI=1S/C18H22ClNO3/c1-3-4-5-8-11-20-16(13-9-6-7-10-14(13)19)15(12(2)21)17(22)18(20)23/h6-7,9-10,16,22H,3-5,8,11H2,1-2H3/t16-/m1/s1. The smallest absolute Gasteiger partial charge is 0.290 e. The largest absolute Gasteiger partial charge is 0.503 e. The minimum atomic E-state index is -0.602. The zero-order valence-corrected chi connectivity index (χ0v) is 14.3. The number of benzene rings is 1. The summed E-state index contributed by atoms with van der Waals surface area (Å²) in [5.41, 5.74) is 0.811. The van der Waals surface area contributed by atoms with E-state index in [0.29, 0.717) is 17.1 Å². The van der Waals surface area contributed by atoms with Crippen molar-refractivity contribution in [3.05, 3.63) is 46.2 Å². The normalized spacial score (nSPS) is 18.0. The zero-order valence-electron chi connectivity index (χ0n) is 13.5. The van der Waals surface area contributed by atoms with Gasteiger partial charge in [0.05, 0.1) is 11.6 Å². The van der Waals surface area contributed by atoms with E-state index < -0.39 is 17.7 Å². The third kappa shape index (κ3) is 3.58. The maximum Gasteiger partial charge on any atom is 0.290 e. The van der Waals surface area contributed by atoms with Gasteiger partial charge in [0.1, 0.15) is 0 Å². The highest BCUT2D eigenvalue weighted by molar-refractivity contribution is 6.31. The Kier molecular flexibility index (Phi) is 5.83. The summed E-state index contributed by atoms with van der Waals surface area (Å²) in [5.74, 6) is -1.24. The van der Waals surface area contributed by atoms with Crippen LogP contribution in [0.3, 0.4) is 0 Å². The van der Waals surface area contributed by atoms with E-state index in [2.05, 4.69) is 6.92 Å². The van der Waals surface area contributed by atoms with Crippen LogP contribution in [0.1, 0.15) is 51.1 Å². The maximum atomic E-state index is 12.4. The van der Waals surface area contributed by atoms with Gasteiger partial charge in [-0.15, -0.1) is 0 Å². The number of unbranched alkanes of at least 4 members (excludes halogenated alkanes) is 3. The molecule has 0 aliphatic carbocycles. The van der Waals surface area contributed by atoms with Crippen molar-refractivity contribution in [1.29, 1.82) is 0 Å². The Morgan fingerprint density at radius 3 is 2.57 bits per heavy atom. The molecule has 1 aromatic carbocycles. The summed E-state index contributed by atoms with van der Waals surface area (Å²) < 4.78 is 0. The highest BCUT2D eigenvalue weighted by atomic mass is 35.5. The van der Waals surface area contributed by atoms with E-state index in [4.69, 9.17) is 11.6 Å². The average molecular weight is 336 g/mol. The van der Waals surface area contributed by atoms with Crippen LogP contribution < -0.4 is 0 Å². The van der Waals surface area contributed by atoms with Crippen LogP contribution in [-0.2, 0) is 9.59 Å². The molecule has 5 heteroatoms. The van der Waals surface area contributed by atoms with Crippen molar-refractivity contribution in [2.45, 2.75) is 45.6 Å². The summed E-state index contributed by atoms with van der Waals surface area (Å²) in [4.78, 5) is 25.9. The number of halogens is 1. The molecule has 0 saturated carbocycles. The number of aliphatic hydroxyl groups is 1. The van der Waals surface area contributed by atoms with Gasteiger partial charge in [-0.25, -0.2) is 0 Å². The molecule has 0 spiro atoms. The number of amides is 1. The summed E-state index contributed by atoms with van der Waals surface area (Å²) in [5, 5.41) is 10.6. The summed E-state index contributed by atoms with van der Waals surface area (Å²) in [6, 6.07) is 6.53. The van der Waals surface area contributed by atoms with E-state index in [-0.39, 0.29) is 11.4 Å². The lowest BCUT2D eigenvalue weighted by atomic mass is 9.96. The summed E-state index contributed by atoms with van der Waals surface area (Å²) in [7, 11) is 0. The van der Waals surface area contributed by atoms with Crippen molar-refractivity contribution in [3.8, 4) is 0 Å². The van der Waals surface area contributed by atoms with E-state index in [0.717, 1.165) is 25.7 Å². The van der Waals surface area contributed by atoms with Crippen LogP contribution in [0, 0.1) is 0 Å². The number of aliphatic hydroxyl groups excluding tert-OH is 1. The van der Waals surface area contributed by atoms with Gasteiger partial charge in [-0.05, 0) is 25.0 Å². The molecule has 4 nitrogen and oxygen atoms in total. The Hall–Kier alpha value is -1.81. The van der Waals surface area contributed by atoms with Crippen molar-refractivity contribution in [2.75, 3.05) is 6.54 Å². The number of Topliss-reactive ketones (excluding diaryl/α,β-unsaturated/α-hetero) is 1. The average Bonchev–Trinajstić information content (AvgIpc) is 2.76. The quantitative estimate of drug-likeness (QED) is 0.759. The van der Waals surface area contributed by atoms with Crippen LogP contribution in [0.5, 0.6) is 0 Å². The monoisotopic (exact) mass is 335 g/mol. The molecule has 23 heavy (non-hydrogen) atoms. The molecule has 1 atom stereocenters. The summed E-state index contributed by atoms with van der Waals surface area (Å²) in [6.07, 6.45) is 4.03. The minimum absolute atomic E-state index is 0.138. The lowest BCUT2D eigenvalue weighted by molar-refractivity contribution is -0.129. The molecule has 0 saturated heterocycles. The van der Waals surface area contributed by atoms with Crippen molar-refractivity contribution in [3.63, 3.8) is 0 Å². The van der Waals surface area contributed by atoms with Crippen LogP contribution in [0.2, 0.25) is 5.02 Å². The Labute approximate surface area is 141 Å². The molecule has 1 aliphatic heterocycles. The number of nitrogens with zero attached hydrogens (tertiary/aromatic N) is 1. The molecule has 0 aromatic heterocycles. The van der Waals surface area contributed by atoms with Gasteiger partial charge < -0.3 is 10.0 Å². The number of ketones is 1. The molecule has 0 fully saturated rings. The SMILES string of the molecule is CCCCCCN1C(=O)C(O)=C(C(C)=O)[C@H]1c1ccccc1Cl. The van der Waals surface area contributed by atoms with Crippen molar-refractivity contribution < 1.29 is 14.7 Å². The van der Waals surface area contributed by atoms with Crippen LogP contribution in [0.4, 0.5) is 0 Å². The molecular weight excluding hydrogens is 314 g/mol. The molecule has 1 aromatic rings. The number of hydrogen-bond acceptors (Lipinski definition) is 3. The van der Waals surface area contributed by atoms with Gasteiger partial charge in [0, 0.05) is 11.6 Å². The summed E-state index contributed by atoms with van der Waals surface area (Å²) >= 11 is 6.27. The molecule has 124 valence electrons. The van der Waals surface area contributed by atoms with E-state index in [1.54, 1.807) is 23.1 Å². The molecule has 0 radical (unpaired) electrons. The first-order chi connectivity index (χ1) is 11.0. The first-order valence-electron chi connectivity index (χ1n) is 7.98. The molecule has 0 bridgehead atoms. The van der Waals surface area contributed by atoms with Crippen molar-refractivity contribution in [2.24, 2.45) is 0 Å². The molecular formula is C18H22ClNO3. The molecule has 1 amide bonds. The van der Waals surface area contributed by atoms with Gasteiger partial charge in [0.15, 0.2) is 11.5 Å². The topological polar surface area (TPSA) is 57.6 Å². The van der Waals surface area contributed by atoms with Crippen molar-refractivity contribution >= 4 is 23.3 Å². The number of carbonyl (C=O) groups is 2. The number of hydrogen-bond donors (Lipinski definition) is 1. The second-order valence-electron chi connectivity index (χ2n) is 5.80. The molecule has 1 aliphatic rings. The third-order valence-corrected chi connectivity index (χ3v) is 4.48. The van der Waals surface area contributed by atoms with Crippen LogP contribution in [0.15, 0.2) is 35.6 Å². The second kappa shape index (κ2) is 7.64. The Morgan fingerprint density at radius 1 is 1.26 bits per heavy atom. The zero-order chi connectivity index (χ0) is 17.0. The van der Waals surface area contributed by atoms with Gasteiger partial charge >= 0.3 is 0 Å². The number of rotatable bonds is 7. The molecule has 1 N–H and O–H groups in total. The van der Waals surface area contributed by atoms with Crippen molar-refractivity contribution in [1.82, 2.24) is 4.90 Å². The fourth-order valence-electron chi connectivity index (χ4n) is 2.97. The predicted octanol–water partition coefficient (Wildman–Crippen LogP) is 4.20. The van der Waals surface area contributed by atoms with Gasteiger partial charge in [0.25, 0.3) is 5.91 Å². The van der Waals surface area contributed by atoms with E-state index in [1.165, 1.54) is 6.92 Å². The van der Waals surface area contributed by atoms with Gasteiger partial charge in [-0.2, -0.15) is 0 Å². The second-order valence-corrected chi connectivity index (χ2v) is 6.21. The fourth-order valence-corrected chi connectivity index (χ4v) is 3.21. The Balaban J connectivity index is 2.35. The molecule has 2 rings (SSSR count). The van der Waals surface area contributed by atoms with Gasteiger partial charge in [-0.1, -0.05) is 56.0 Å². The van der Waals surface area contributed by atoms with Crippen LogP contribution in [0.25, 0.3) is 0 Å². The Morgan fingerprint density at radius 2 is 1.96 bits per heavy atom. The predicted molar refractivity (Wildman–Crippen MR) is 90.4 cm³/mol. The first-order valence-corrected chi connectivity index (χ1v) is 8.36. The van der Waals surface area contributed by atoms with E-state index >= 15 is 0 Å². The molecule has 0 unspecified atom stereocenters. The third-order valence-electron chi connectivity index (χ3n) is 4.14. The maximum absolute atomic E-state index is 12.4. The van der Waals surface area contributed by atoms with E-state index in [9.17, 15) is 14.7 Å². The summed E-state index contributed by atoms with van der Waals surface area (Å²) in [6.45, 7) is 3.98. The minimum Gasteiger partial charge on any atom is -0.503 e.